The van der Waals surface area contributed by atoms with Gasteiger partial charge in [0.1, 0.15) is 0 Å². The Kier molecular flexibility index (Phi) is 7.17. The quantitative estimate of drug-likeness (QED) is 0.320. The molecule has 0 aliphatic heterocycles. The molecule has 1 radical (unpaired) electrons. The van der Waals surface area contributed by atoms with Crippen molar-refractivity contribution in [3.8, 4) is 0 Å². The van der Waals surface area contributed by atoms with E-state index in [-0.39, 0.29) is 27.9 Å². The third kappa shape index (κ3) is 5.64. The van der Waals surface area contributed by atoms with Gasteiger partial charge in [0.25, 0.3) is 0 Å². The van der Waals surface area contributed by atoms with Crippen LogP contribution in [0.4, 0.5) is 5.69 Å². The Hall–Kier alpha value is -2.78. The first-order valence-electron chi connectivity index (χ1n) is 9.87. The number of amides is 1. The molecule has 0 heterocycles. The van der Waals surface area contributed by atoms with Crippen LogP contribution in [0, 0.1) is 10.8 Å². The van der Waals surface area contributed by atoms with E-state index < -0.39 is 16.1 Å². The maximum absolute atomic E-state index is 12.8. The maximum atomic E-state index is 12.8. The second-order valence-corrected chi connectivity index (χ2v) is 9.05. The summed E-state index contributed by atoms with van der Waals surface area (Å²) in [5, 5.41) is 2.97. The van der Waals surface area contributed by atoms with E-state index in [2.05, 4.69) is 10.0 Å². The fraction of sp³-hybridized carbons (Fsp3) is 0.333. The van der Waals surface area contributed by atoms with E-state index in [9.17, 15) is 18.1 Å². The molecular formula is C21H26N4O4S+. The van der Waals surface area contributed by atoms with Crippen LogP contribution in [0.3, 0.4) is 0 Å². The highest BCUT2D eigenvalue weighted by molar-refractivity contribution is 7.89. The fourth-order valence-corrected chi connectivity index (χ4v) is 4.81. The van der Waals surface area contributed by atoms with Crippen molar-refractivity contribution in [2.24, 2.45) is 5.84 Å². The van der Waals surface area contributed by atoms with E-state index in [4.69, 9.17) is 5.84 Å². The Morgan fingerprint density at radius 2 is 1.67 bits per heavy atom. The van der Waals surface area contributed by atoms with Crippen LogP contribution in [0.5, 0.6) is 0 Å². The second kappa shape index (κ2) is 9.82. The summed E-state index contributed by atoms with van der Waals surface area (Å²) in [4.78, 5) is 23.9. The summed E-state index contributed by atoms with van der Waals surface area (Å²) < 4.78 is 28.1. The lowest BCUT2D eigenvalue weighted by Crippen LogP contribution is -2.46. The summed E-state index contributed by atoms with van der Waals surface area (Å²) in [5.74, 6) is 5.96. The van der Waals surface area contributed by atoms with Crippen LogP contribution in [-0.2, 0) is 21.2 Å². The van der Waals surface area contributed by atoms with E-state index in [0.29, 0.717) is 6.42 Å². The van der Waals surface area contributed by atoms with Crippen molar-refractivity contribution in [1.82, 2.24) is 10.0 Å². The Balaban J connectivity index is 1.75. The van der Waals surface area contributed by atoms with Crippen LogP contribution in [0.15, 0.2) is 59.5 Å². The molecule has 1 aliphatic carbocycles. The molecular weight excluding hydrogens is 404 g/mol. The molecule has 3 rings (SSSR count). The number of nitrogens with zero attached hydrogens (tertiary/aromatic N) is 1. The molecule has 0 unspecified atom stereocenters. The molecule has 4 N–H and O–H groups in total. The first-order chi connectivity index (χ1) is 14.4. The van der Waals surface area contributed by atoms with Gasteiger partial charge in [-0.3, -0.25) is 4.79 Å². The minimum Gasteiger partial charge on any atom is -0.351 e. The smallest absolute Gasteiger partial charge is 0.311 e. The lowest BCUT2D eigenvalue weighted by atomic mass is 10.0. The summed E-state index contributed by atoms with van der Waals surface area (Å²) in [7, 11) is -4.01. The molecule has 1 aliphatic rings. The number of benzene rings is 2. The van der Waals surface area contributed by atoms with E-state index in [0.717, 1.165) is 37.2 Å². The zero-order chi connectivity index (χ0) is 21.6. The number of nitroso groups, excluding NO2 is 1. The lowest BCUT2D eigenvalue weighted by Gasteiger charge is -2.21. The molecule has 2 aromatic rings. The van der Waals surface area contributed by atoms with Gasteiger partial charge in [0.2, 0.25) is 15.9 Å². The molecule has 9 heteroatoms. The largest absolute Gasteiger partial charge is 0.351 e. The number of rotatable bonds is 9. The molecule has 8 nitrogen and oxygen atoms in total. The lowest BCUT2D eigenvalue weighted by molar-refractivity contribution is -0.477. The predicted octanol–water partition coefficient (Wildman–Crippen LogP) is 2.12. The van der Waals surface area contributed by atoms with Crippen LogP contribution < -0.4 is 15.9 Å². The van der Waals surface area contributed by atoms with Crippen molar-refractivity contribution in [2.75, 3.05) is 6.54 Å². The summed E-state index contributed by atoms with van der Waals surface area (Å²) in [6.07, 6.45) is 4.02. The highest BCUT2D eigenvalue weighted by atomic mass is 32.2. The second-order valence-electron chi connectivity index (χ2n) is 7.32. The number of sulfonamides is 1. The zero-order valence-electron chi connectivity index (χ0n) is 16.6. The number of hydrogen-bond acceptors (Lipinski definition) is 4. The maximum Gasteiger partial charge on any atom is 0.311 e. The van der Waals surface area contributed by atoms with Gasteiger partial charge in [-0.05, 0) is 30.9 Å². The molecule has 1 atom stereocenters. The van der Waals surface area contributed by atoms with Crippen LogP contribution in [0.2, 0.25) is 0 Å². The van der Waals surface area contributed by atoms with Crippen LogP contribution >= 0.6 is 0 Å². The van der Waals surface area contributed by atoms with Gasteiger partial charge >= 0.3 is 5.69 Å². The topological polar surface area (TPSA) is 121 Å². The van der Waals surface area contributed by atoms with E-state index in [1.165, 1.54) is 24.3 Å². The van der Waals surface area contributed by atoms with Gasteiger partial charge in [-0.25, -0.2) is 13.1 Å². The van der Waals surface area contributed by atoms with Gasteiger partial charge in [-0.15, -0.1) is 0 Å². The average molecular weight is 431 g/mol. The van der Waals surface area contributed by atoms with Crippen molar-refractivity contribution in [2.45, 2.75) is 43.0 Å². The third-order valence-electron chi connectivity index (χ3n) is 5.10. The molecule has 0 aromatic heterocycles. The number of nitrogens with one attached hydrogen (secondary N) is 2. The molecule has 30 heavy (non-hydrogen) atoms. The third-order valence-corrected chi connectivity index (χ3v) is 6.57. The number of hydrogen-bond donors (Lipinski definition) is 3. The predicted molar refractivity (Wildman–Crippen MR) is 113 cm³/mol. The van der Waals surface area contributed by atoms with Crippen molar-refractivity contribution in [1.29, 1.82) is 0 Å². The Bertz CT molecular complexity index is 989. The first kappa shape index (κ1) is 21.9. The molecule has 2 aromatic carbocycles. The monoisotopic (exact) mass is 430 g/mol. The summed E-state index contributed by atoms with van der Waals surface area (Å²) in [6.45, 7) is -0.0198. The Morgan fingerprint density at radius 1 is 1.03 bits per heavy atom. The van der Waals surface area contributed by atoms with Crippen molar-refractivity contribution in [3.05, 3.63) is 71.0 Å². The minimum absolute atomic E-state index is 0.0198. The number of nitrogens with two attached hydrogens (primary N) is 1. The Labute approximate surface area is 176 Å². The summed E-state index contributed by atoms with van der Waals surface area (Å²) in [6, 6.07) is 14.8. The highest BCUT2D eigenvalue weighted by Crippen LogP contribution is 2.27. The fourth-order valence-electron chi connectivity index (χ4n) is 3.54. The Morgan fingerprint density at radius 3 is 2.33 bits per heavy atom. The van der Waals surface area contributed by atoms with Gasteiger partial charge < -0.3 is 5.32 Å². The van der Waals surface area contributed by atoms with Crippen LogP contribution in [0.25, 0.3) is 0 Å². The van der Waals surface area contributed by atoms with Crippen molar-refractivity contribution in [3.63, 3.8) is 0 Å². The van der Waals surface area contributed by atoms with Crippen LogP contribution in [-0.4, -0.2) is 31.8 Å². The average Bonchev–Trinajstić information content (AvgIpc) is 3.28. The van der Waals surface area contributed by atoms with Gasteiger partial charge in [0, 0.05) is 18.7 Å². The first-order valence-corrected chi connectivity index (χ1v) is 11.4. The number of hydrazine groups is 1. The molecule has 0 spiro atoms. The summed E-state index contributed by atoms with van der Waals surface area (Å²) >= 11 is 0. The van der Waals surface area contributed by atoms with Gasteiger partial charge in [0.15, 0.2) is 9.76 Å². The van der Waals surface area contributed by atoms with Gasteiger partial charge in [-0.1, -0.05) is 55.3 Å². The van der Waals surface area contributed by atoms with E-state index in [1.807, 2.05) is 30.3 Å². The van der Waals surface area contributed by atoms with Crippen molar-refractivity contribution >= 4 is 21.6 Å². The van der Waals surface area contributed by atoms with Gasteiger partial charge in [0.05, 0.1) is 10.8 Å². The molecule has 159 valence electrons. The number of para-hydroxylation sites is 1. The minimum atomic E-state index is -4.01. The SMILES string of the molecule is N[N+](=O)c1ccccc1S(=O)(=O)NC[C@@H](Cc1ccccc1)NC(=O)[C]1CCCC1. The van der Waals surface area contributed by atoms with Crippen molar-refractivity contribution < 1.29 is 18.1 Å². The normalized spacial score (nSPS) is 15.6. The molecule has 0 saturated heterocycles. The molecule has 0 bridgehead atoms. The number of carbonyl (C=O) groups is 1. The van der Waals surface area contributed by atoms with Crippen LogP contribution in [0.1, 0.15) is 31.2 Å². The highest BCUT2D eigenvalue weighted by Gasteiger charge is 2.29. The van der Waals surface area contributed by atoms with E-state index in [1.54, 1.807) is 0 Å². The van der Waals surface area contributed by atoms with Gasteiger partial charge in [-0.2, -0.15) is 5.84 Å². The summed E-state index contributed by atoms with van der Waals surface area (Å²) in [5.41, 5.74) is 0.821. The number of carbonyl (C=O) groups excluding carboxylic acids is 1. The van der Waals surface area contributed by atoms with E-state index >= 15 is 0 Å². The standard InChI is InChI=1S/C21H25N4O4S/c22-25(27)19-12-6-7-13-20(19)30(28,29)23-15-18(14-16-8-2-1-3-9-16)24-21(26)17-10-4-5-11-17/h1-3,6-9,12-13,18,23H,4-5,10-11,14-15H2,(H2-,22,24,26,27)/p+1/t18-/m1/s1. The zero-order valence-corrected chi connectivity index (χ0v) is 17.4. The molecule has 1 amide bonds. The molecule has 1 fully saturated rings. The molecule has 1 saturated carbocycles.